The molecule has 0 unspecified atom stereocenters. The summed E-state index contributed by atoms with van der Waals surface area (Å²) < 4.78 is 7.49. The molecule has 0 aliphatic rings. The molecule has 0 radical (unpaired) electrons. The van der Waals surface area contributed by atoms with Crippen molar-refractivity contribution in [2.45, 2.75) is 6.54 Å². The van der Waals surface area contributed by atoms with Crippen molar-refractivity contribution in [3.8, 4) is 0 Å². The third kappa shape index (κ3) is 1.64. The second-order valence-corrected chi connectivity index (χ2v) is 3.77. The van der Waals surface area contributed by atoms with Crippen LogP contribution in [0, 0.1) is 0 Å². The molecule has 18 heavy (non-hydrogen) atoms. The Morgan fingerprint density at radius 3 is 2.89 bits per heavy atom. The molecule has 0 aliphatic carbocycles. The molecule has 0 N–H and O–H groups in total. The molecule has 0 aromatic carbocycles. The summed E-state index contributed by atoms with van der Waals surface area (Å²) in [5, 5.41) is 4.07. The van der Waals surface area contributed by atoms with E-state index in [1.165, 1.54) is 10.7 Å². The van der Waals surface area contributed by atoms with E-state index in [1.807, 2.05) is 0 Å². The minimum atomic E-state index is -0.342. The number of nitrogens with zero attached hydrogens (tertiary/aromatic N) is 3. The second-order valence-electron chi connectivity index (χ2n) is 3.77. The first-order valence-electron chi connectivity index (χ1n) is 5.36. The van der Waals surface area contributed by atoms with E-state index in [0.717, 1.165) is 4.68 Å². The molecule has 3 heterocycles. The smallest absolute Gasteiger partial charge is 0.350 e. The lowest BCUT2D eigenvalue weighted by Crippen LogP contribution is -2.24. The van der Waals surface area contributed by atoms with E-state index in [1.54, 1.807) is 36.5 Å². The first kappa shape index (κ1) is 10.5. The van der Waals surface area contributed by atoms with Crippen LogP contribution in [0.5, 0.6) is 0 Å². The fraction of sp³-hybridized carbons (Fsp3) is 0.0833. The van der Waals surface area contributed by atoms with Crippen molar-refractivity contribution in [1.82, 2.24) is 14.2 Å². The molecule has 6 heteroatoms. The van der Waals surface area contributed by atoms with Gasteiger partial charge < -0.3 is 4.42 Å². The van der Waals surface area contributed by atoms with Crippen LogP contribution < -0.4 is 5.69 Å². The Kier molecular flexibility index (Phi) is 2.33. The highest BCUT2D eigenvalue weighted by Crippen LogP contribution is 2.03. The van der Waals surface area contributed by atoms with Crippen LogP contribution in [0.2, 0.25) is 0 Å². The quantitative estimate of drug-likeness (QED) is 0.643. The number of Topliss-reactive ketones (excluding diaryl/α,β-unsaturated/α-hetero) is 1. The molecular formula is C12H9N3O3. The van der Waals surface area contributed by atoms with Gasteiger partial charge in [-0.25, -0.2) is 9.48 Å². The van der Waals surface area contributed by atoms with Crippen LogP contribution in [0.4, 0.5) is 0 Å². The van der Waals surface area contributed by atoms with Crippen LogP contribution in [0.25, 0.3) is 5.65 Å². The SMILES string of the molecule is O=C(Cn1nc2ccccn2c1=O)c1ccco1. The molecule has 3 rings (SSSR count). The topological polar surface area (TPSA) is 69.5 Å². The van der Waals surface area contributed by atoms with Gasteiger partial charge >= 0.3 is 5.69 Å². The Balaban J connectivity index is 1.98. The van der Waals surface area contributed by atoms with Gasteiger partial charge in [-0.2, -0.15) is 0 Å². The summed E-state index contributed by atoms with van der Waals surface area (Å²) in [7, 11) is 0. The number of rotatable bonds is 3. The van der Waals surface area contributed by atoms with Crippen LogP contribution in [-0.4, -0.2) is 20.0 Å². The summed E-state index contributed by atoms with van der Waals surface area (Å²) in [6.45, 7) is -0.131. The fourth-order valence-corrected chi connectivity index (χ4v) is 1.72. The molecule has 0 fully saturated rings. The number of fused-ring (bicyclic) bond motifs is 1. The maximum absolute atomic E-state index is 11.9. The summed E-state index contributed by atoms with van der Waals surface area (Å²) in [6.07, 6.45) is 3.03. The first-order valence-corrected chi connectivity index (χ1v) is 5.36. The van der Waals surface area contributed by atoms with E-state index in [2.05, 4.69) is 5.10 Å². The number of carbonyl (C=O) groups excluding carboxylic acids is 1. The minimum absolute atomic E-state index is 0.131. The van der Waals surface area contributed by atoms with Gasteiger partial charge in [-0.15, -0.1) is 5.10 Å². The third-order valence-corrected chi connectivity index (χ3v) is 2.58. The summed E-state index contributed by atoms with van der Waals surface area (Å²) in [6, 6.07) is 8.40. The molecule has 3 aromatic heterocycles. The van der Waals surface area contributed by atoms with E-state index >= 15 is 0 Å². The molecule has 6 nitrogen and oxygen atoms in total. The average molecular weight is 243 g/mol. The molecule has 0 bridgehead atoms. The molecule has 0 atom stereocenters. The van der Waals surface area contributed by atoms with Crippen molar-refractivity contribution in [1.29, 1.82) is 0 Å². The lowest BCUT2D eigenvalue weighted by Gasteiger charge is -1.95. The van der Waals surface area contributed by atoms with Crippen molar-refractivity contribution in [2.75, 3.05) is 0 Å². The maximum Gasteiger partial charge on any atom is 0.350 e. The van der Waals surface area contributed by atoms with Crippen molar-refractivity contribution < 1.29 is 9.21 Å². The van der Waals surface area contributed by atoms with Gasteiger partial charge in [0.15, 0.2) is 11.4 Å². The van der Waals surface area contributed by atoms with Gasteiger partial charge in [-0.1, -0.05) is 6.07 Å². The molecule has 0 saturated carbocycles. The number of carbonyl (C=O) groups is 1. The van der Waals surface area contributed by atoms with Crippen LogP contribution in [0.15, 0.2) is 52.0 Å². The van der Waals surface area contributed by atoms with Crippen LogP contribution in [-0.2, 0) is 6.54 Å². The van der Waals surface area contributed by atoms with Crippen molar-refractivity contribution in [3.63, 3.8) is 0 Å². The molecule has 3 aromatic rings. The summed E-state index contributed by atoms with van der Waals surface area (Å²) >= 11 is 0. The van der Waals surface area contributed by atoms with Gasteiger partial charge in [0.2, 0.25) is 5.78 Å². The standard InChI is InChI=1S/C12H9N3O3/c16-9(10-4-3-7-18-10)8-15-12(17)14-6-2-1-5-11(14)13-15/h1-7H,8H2. The summed E-state index contributed by atoms with van der Waals surface area (Å²) in [4.78, 5) is 23.7. The molecular weight excluding hydrogens is 234 g/mol. The maximum atomic E-state index is 11.9. The van der Waals surface area contributed by atoms with Gasteiger partial charge in [-0.05, 0) is 24.3 Å². The lowest BCUT2D eigenvalue weighted by molar-refractivity contribution is 0.0939. The zero-order valence-corrected chi connectivity index (χ0v) is 9.31. The zero-order chi connectivity index (χ0) is 12.5. The first-order chi connectivity index (χ1) is 8.75. The predicted molar refractivity (Wildman–Crippen MR) is 62.5 cm³/mol. The fourth-order valence-electron chi connectivity index (χ4n) is 1.72. The van der Waals surface area contributed by atoms with Gasteiger partial charge in [-0.3, -0.25) is 9.20 Å². The normalized spacial score (nSPS) is 10.9. The Morgan fingerprint density at radius 1 is 1.28 bits per heavy atom. The number of ketones is 1. The van der Waals surface area contributed by atoms with Gasteiger partial charge in [0.1, 0.15) is 6.54 Å². The average Bonchev–Trinajstić information content (AvgIpc) is 3.00. The molecule has 0 amide bonds. The molecule has 0 aliphatic heterocycles. The second kappa shape index (κ2) is 3.99. The van der Waals surface area contributed by atoms with E-state index < -0.39 is 0 Å². The van der Waals surface area contributed by atoms with E-state index in [9.17, 15) is 9.59 Å². The van der Waals surface area contributed by atoms with Crippen LogP contribution in [0.3, 0.4) is 0 Å². The Morgan fingerprint density at radius 2 is 2.17 bits per heavy atom. The minimum Gasteiger partial charge on any atom is -0.461 e. The molecule has 0 saturated heterocycles. The number of aromatic nitrogens is 3. The van der Waals surface area contributed by atoms with E-state index in [4.69, 9.17) is 4.42 Å². The predicted octanol–water partition coefficient (Wildman–Crippen LogP) is 0.972. The van der Waals surface area contributed by atoms with Gasteiger partial charge in [0.05, 0.1) is 6.26 Å². The third-order valence-electron chi connectivity index (χ3n) is 2.58. The molecule has 0 spiro atoms. The summed E-state index contributed by atoms with van der Waals surface area (Å²) in [5.74, 6) is -0.0653. The Hall–Kier alpha value is -2.63. The number of hydrogen-bond acceptors (Lipinski definition) is 4. The Labute approximate surface area is 101 Å². The van der Waals surface area contributed by atoms with E-state index in [0.29, 0.717) is 5.65 Å². The lowest BCUT2D eigenvalue weighted by atomic mass is 10.3. The van der Waals surface area contributed by atoms with E-state index in [-0.39, 0.29) is 23.8 Å². The van der Waals surface area contributed by atoms with Crippen LogP contribution >= 0.6 is 0 Å². The Bertz CT molecular complexity index is 752. The monoisotopic (exact) mass is 243 g/mol. The van der Waals surface area contributed by atoms with Crippen molar-refractivity contribution in [2.24, 2.45) is 0 Å². The highest BCUT2D eigenvalue weighted by molar-refractivity contribution is 5.93. The highest BCUT2D eigenvalue weighted by atomic mass is 16.3. The number of pyridine rings is 1. The molecule has 90 valence electrons. The summed E-state index contributed by atoms with van der Waals surface area (Å²) in [5.41, 5.74) is 0.167. The van der Waals surface area contributed by atoms with Crippen molar-refractivity contribution >= 4 is 11.4 Å². The number of hydrogen-bond donors (Lipinski definition) is 0. The largest absolute Gasteiger partial charge is 0.461 e. The van der Waals surface area contributed by atoms with Gasteiger partial charge in [0, 0.05) is 6.20 Å². The number of furan rings is 1. The zero-order valence-electron chi connectivity index (χ0n) is 9.31. The van der Waals surface area contributed by atoms with Crippen LogP contribution in [0.1, 0.15) is 10.6 Å². The van der Waals surface area contributed by atoms with Gasteiger partial charge in [0.25, 0.3) is 0 Å². The van der Waals surface area contributed by atoms with Crippen molar-refractivity contribution in [3.05, 3.63) is 59.0 Å². The highest BCUT2D eigenvalue weighted by Gasteiger charge is 2.13.